The maximum Gasteiger partial charge on any atom is 0.245 e. The molecule has 0 bridgehead atoms. The van der Waals surface area contributed by atoms with Crippen molar-refractivity contribution >= 4 is 5.91 Å². The van der Waals surface area contributed by atoms with E-state index in [1.165, 1.54) is 5.56 Å². The van der Waals surface area contributed by atoms with Gasteiger partial charge in [-0.25, -0.2) is 4.98 Å². The second-order valence-corrected chi connectivity index (χ2v) is 6.83. The number of ether oxygens (including phenoxy) is 3. The first-order chi connectivity index (χ1) is 12.1. The number of amides is 1. The maximum atomic E-state index is 11.3. The molecule has 2 fully saturated rings. The molecule has 0 aliphatic carbocycles. The van der Waals surface area contributed by atoms with Gasteiger partial charge in [-0.15, -0.1) is 0 Å². The fraction of sp³-hybridized carbons (Fsp3) is 0.667. The number of piperidine rings is 1. The smallest absolute Gasteiger partial charge is 0.245 e. The third kappa shape index (κ3) is 4.68. The van der Waals surface area contributed by atoms with Crippen molar-refractivity contribution in [3.63, 3.8) is 0 Å². The van der Waals surface area contributed by atoms with Crippen molar-refractivity contribution in [1.29, 1.82) is 0 Å². The molecule has 7 nitrogen and oxygen atoms in total. The van der Waals surface area contributed by atoms with Crippen molar-refractivity contribution in [1.82, 2.24) is 15.2 Å². The van der Waals surface area contributed by atoms with Crippen molar-refractivity contribution < 1.29 is 19.0 Å². The Morgan fingerprint density at radius 1 is 1.52 bits per heavy atom. The van der Waals surface area contributed by atoms with Crippen LogP contribution in [0.25, 0.3) is 0 Å². The lowest BCUT2D eigenvalue weighted by Gasteiger charge is -2.39. The summed E-state index contributed by atoms with van der Waals surface area (Å²) in [5.41, 5.74) is 1.02. The Hall–Kier alpha value is -1.70. The molecule has 0 saturated carbocycles. The maximum absolute atomic E-state index is 11.3. The number of hydrogen-bond acceptors (Lipinski definition) is 6. The molecule has 2 saturated heterocycles. The molecule has 1 aromatic rings. The summed E-state index contributed by atoms with van der Waals surface area (Å²) in [6.45, 7) is 3.46. The summed E-state index contributed by atoms with van der Waals surface area (Å²) in [4.78, 5) is 18.0. The molecule has 1 aromatic heterocycles. The van der Waals surface area contributed by atoms with Crippen molar-refractivity contribution in [2.75, 3.05) is 40.5 Å². The van der Waals surface area contributed by atoms with Crippen molar-refractivity contribution in [2.24, 2.45) is 0 Å². The van der Waals surface area contributed by atoms with E-state index in [2.05, 4.69) is 21.3 Å². The highest BCUT2D eigenvalue weighted by Crippen LogP contribution is 2.36. The Kier molecular flexibility index (Phi) is 5.88. The quantitative estimate of drug-likeness (QED) is 0.825. The molecule has 138 valence electrons. The van der Waals surface area contributed by atoms with Gasteiger partial charge in [-0.2, -0.15) is 0 Å². The van der Waals surface area contributed by atoms with Gasteiger partial charge in [-0.1, -0.05) is 6.07 Å². The highest BCUT2D eigenvalue weighted by Gasteiger charge is 2.43. The highest BCUT2D eigenvalue weighted by molar-refractivity contribution is 5.76. The summed E-state index contributed by atoms with van der Waals surface area (Å²) >= 11 is 0. The van der Waals surface area contributed by atoms with Gasteiger partial charge in [0.15, 0.2) is 0 Å². The zero-order valence-electron chi connectivity index (χ0n) is 15.0. The van der Waals surface area contributed by atoms with Crippen LogP contribution in [0, 0.1) is 0 Å². The number of rotatable bonds is 6. The van der Waals surface area contributed by atoms with Crippen LogP contribution in [0.1, 0.15) is 24.8 Å². The molecule has 25 heavy (non-hydrogen) atoms. The first-order valence-electron chi connectivity index (χ1n) is 8.80. The Labute approximate surface area is 148 Å². The summed E-state index contributed by atoms with van der Waals surface area (Å²) < 4.78 is 16.9. The van der Waals surface area contributed by atoms with Gasteiger partial charge in [-0.3, -0.25) is 9.69 Å². The lowest BCUT2D eigenvalue weighted by atomic mass is 9.89. The molecule has 3 rings (SSSR count). The van der Waals surface area contributed by atoms with E-state index in [0.717, 1.165) is 38.9 Å². The highest BCUT2D eigenvalue weighted by atomic mass is 16.6. The summed E-state index contributed by atoms with van der Waals surface area (Å²) in [6, 6.07) is 3.95. The van der Waals surface area contributed by atoms with E-state index in [0.29, 0.717) is 12.5 Å². The van der Waals surface area contributed by atoms with Crippen LogP contribution in [0.5, 0.6) is 5.88 Å². The molecule has 1 spiro atoms. The van der Waals surface area contributed by atoms with Crippen LogP contribution in [0.4, 0.5) is 0 Å². The second kappa shape index (κ2) is 8.12. The Morgan fingerprint density at radius 2 is 2.40 bits per heavy atom. The monoisotopic (exact) mass is 349 g/mol. The number of likely N-dealkylation sites (tertiary alicyclic amines) is 1. The minimum Gasteiger partial charge on any atom is -0.481 e. The first kappa shape index (κ1) is 18.1. The predicted molar refractivity (Wildman–Crippen MR) is 92.4 cm³/mol. The normalized spacial score (nSPS) is 26.7. The molecular formula is C18H27N3O4. The summed E-state index contributed by atoms with van der Waals surface area (Å²) in [5, 5.41) is 2.57. The van der Waals surface area contributed by atoms with Crippen LogP contribution in [-0.4, -0.2) is 68.0 Å². The average molecular weight is 349 g/mol. The van der Waals surface area contributed by atoms with E-state index < -0.39 is 0 Å². The van der Waals surface area contributed by atoms with E-state index in [4.69, 9.17) is 14.2 Å². The number of nitrogens with zero attached hydrogens (tertiary/aromatic N) is 2. The fourth-order valence-corrected chi connectivity index (χ4v) is 3.67. The number of hydrogen-bond donors (Lipinski definition) is 1. The Bertz CT molecular complexity index is 580. The number of carbonyl (C=O) groups excluding carboxylic acids is 1. The van der Waals surface area contributed by atoms with E-state index in [-0.39, 0.29) is 24.2 Å². The van der Waals surface area contributed by atoms with Gasteiger partial charge < -0.3 is 19.5 Å². The molecular weight excluding hydrogens is 322 g/mol. The van der Waals surface area contributed by atoms with Gasteiger partial charge in [0, 0.05) is 38.8 Å². The Balaban J connectivity index is 1.53. The van der Waals surface area contributed by atoms with Crippen LogP contribution < -0.4 is 10.1 Å². The van der Waals surface area contributed by atoms with E-state index in [1.54, 1.807) is 14.2 Å². The molecule has 2 aliphatic rings. The van der Waals surface area contributed by atoms with Crippen LogP contribution >= 0.6 is 0 Å². The van der Waals surface area contributed by atoms with Crippen molar-refractivity contribution in [3.05, 3.63) is 23.9 Å². The SMILES string of the molecule is CNC(=O)CO[C@H]1CO[C@@]2(CCCN(Cc3ccc(OC)nc3)C2)C1. The zero-order valence-corrected chi connectivity index (χ0v) is 15.0. The summed E-state index contributed by atoms with van der Waals surface area (Å²) in [6.07, 6.45) is 4.86. The van der Waals surface area contributed by atoms with Crippen molar-refractivity contribution in [2.45, 2.75) is 37.5 Å². The van der Waals surface area contributed by atoms with Gasteiger partial charge in [0.1, 0.15) is 6.61 Å². The second-order valence-electron chi connectivity index (χ2n) is 6.83. The lowest BCUT2D eigenvalue weighted by molar-refractivity contribution is -0.127. The molecule has 1 N–H and O–H groups in total. The van der Waals surface area contributed by atoms with Gasteiger partial charge in [0.2, 0.25) is 11.8 Å². The number of aromatic nitrogens is 1. The minimum atomic E-state index is -0.147. The Morgan fingerprint density at radius 3 is 3.12 bits per heavy atom. The largest absolute Gasteiger partial charge is 0.481 e. The molecule has 0 radical (unpaired) electrons. The van der Waals surface area contributed by atoms with Gasteiger partial charge in [0.25, 0.3) is 0 Å². The van der Waals surface area contributed by atoms with Gasteiger partial charge in [-0.05, 0) is 24.9 Å². The summed E-state index contributed by atoms with van der Waals surface area (Å²) in [5.74, 6) is 0.535. The lowest BCUT2D eigenvalue weighted by Crippen LogP contribution is -2.47. The average Bonchev–Trinajstić information content (AvgIpc) is 3.02. The van der Waals surface area contributed by atoms with Crippen LogP contribution in [0.2, 0.25) is 0 Å². The molecule has 0 aromatic carbocycles. The number of methoxy groups -OCH3 is 1. The van der Waals surface area contributed by atoms with Gasteiger partial charge in [0.05, 0.1) is 25.4 Å². The number of pyridine rings is 1. The topological polar surface area (TPSA) is 72.9 Å². The van der Waals surface area contributed by atoms with Crippen LogP contribution in [-0.2, 0) is 20.8 Å². The standard InChI is InChI=1S/C18H27N3O4/c1-19-16(22)12-24-15-8-18(25-11-15)6-3-7-21(13-18)10-14-4-5-17(23-2)20-9-14/h4-5,9,15H,3,6-8,10-13H2,1-2H3,(H,19,22)/t15-,18+/m1/s1. The third-order valence-electron chi connectivity index (χ3n) is 4.94. The fourth-order valence-electron chi connectivity index (χ4n) is 3.67. The molecule has 0 unspecified atom stereocenters. The number of nitrogens with one attached hydrogen (secondary N) is 1. The third-order valence-corrected chi connectivity index (χ3v) is 4.94. The predicted octanol–water partition coefficient (Wildman–Crippen LogP) is 0.976. The molecule has 1 amide bonds. The zero-order chi connectivity index (χ0) is 17.7. The van der Waals surface area contributed by atoms with Crippen molar-refractivity contribution in [3.8, 4) is 5.88 Å². The number of carbonyl (C=O) groups is 1. The minimum absolute atomic E-state index is 0.0000897. The van der Waals surface area contributed by atoms with E-state index in [9.17, 15) is 4.79 Å². The van der Waals surface area contributed by atoms with E-state index in [1.807, 2.05) is 12.3 Å². The van der Waals surface area contributed by atoms with E-state index >= 15 is 0 Å². The van der Waals surface area contributed by atoms with Crippen LogP contribution in [0.15, 0.2) is 18.3 Å². The first-order valence-corrected chi connectivity index (χ1v) is 8.80. The molecule has 7 heteroatoms. The molecule has 3 heterocycles. The molecule has 2 atom stereocenters. The summed E-state index contributed by atoms with van der Waals surface area (Å²) in [7, 11) is 3.24. The molecule has 2 aliphatic heterocycles. The van der Waals surface area contributed by atoms with Gasteiger partial charge >= 0.3 is 0 Å². The number of likely N-dealkylation sites (N-methyl/N-ethyl adjacent to an activating group) is 1. The van der Waals surface area contributed by atoms with Crippen LogP contribution in [0.3, 0.4) is 0 Å².